The van der Waals surface area contributed by atoms with Crippen LogP contribution >= 0.6 is 0 Å². The van der Waals surface area contributed by atoms with Crippen molar-refractivity contribution in [1.29, 1.82) is 0 Å². The molecule has 0 radical (unpaired) electrons. The number of carbonyl (C=O) groups excluding carboxylic acids is 2. The van der Waals surface area contributed by atoms with Crippen LogP contribution in [0.4, 0.5) is 4.39 Å². The lowest BCUT2D eigenvalue weighted by Crippen LogP contribution is -3.14. The maximum absolute atomic E-state index is 12.8. The Morgan fingerprint density at radius 1 is 1.33 bits per heavy atom. The topological polar surface area (TPSA) is 76.6 Å². The molecular formula is C15H21FN3O2+. The number of likely N-dealkylation sites (tertiary alicyclic amines) is 1. The van der Waals surface area contributed by atoms with Crippen molar-refractivity contribution in [3.63, 3.8) is 0 Å². The molecule has 114 valence electrons. The molecule has 6 heteroatoms. The third-order valence-electron chi connectivity index (χ3n) is 3.83. The second-order valence-corrected chi connectivity index (χ2v) is 5.53. The number of piperidine rings is 1. The molecule has 1 unspecified atom stereocenters. The predicted molar refractivity (Wildman–Crippen MR) is 75.7 cm³/mol. The molecule has 2 atom stereocenters. The highest BCUT2D eigenvalue weighted by atomic mass is 19.1. The highest BCUT2D eigenvalue weighted by Crippen LogP contribution is 2.06. The maximum atomic E-state index is 12.8. The molecule has 0 bridgehead atoms. The first kappa shape index (κ1) is 15.4. The summed E-state index contributed by atoms with van der Waals surface area (Å²) in [5.41, 5.74) is 6.18. The number of amides is 2. The summed E-state index contributed by atoms with van der Waals surface area (Å²) in [5.74, 6) is -0.766. The first-order chi connectivity index (χ1) is 10.0. The minimum Gasteiger partial charge on any atom is -0.369 e. The molecule has 0 aliphatic carbocycles. The van der Waals surface area contributed by atoms with Crippen LogP contribution in [0.25, 0.3) is 0 Å². The normalized spacial score (nSPS) is 21.8. The van der Waals surface area contributed by atoms with Gasteiger partial charge in [-0.05, 0) is 30.5 Å². The van der Waals surface area contributed by atoms with Crippen LogP contribution in [0.5, 0.6) is 0 Å². The molecule has 4 N–H and O–H groups in total. The average molecular weight is 294 g/mol. The lowest BCUT2D eigenvalue weighted by atomic mass is 9.97. The Morgan fingerprint density at radius 2 is 2.05 bits per heavy atom. The van der Waals surface area contributed by atoms with Gasteiger partial charge in [-0.1, -0.05) is 12.1 Å². The second-order valence-electron chi connectivity index (χ2n) is 5.53. The zero-order valence-electron chi connectivity index (χ0n) is 11.9. The van der Waals surface area contributed by atoms with Gasteiger partial charge in [-0.2, -0.15) is 0 Å². The van der Waals surface area contributed by atoms with E-state index in [0.717, 1.165) is 29.8 Å². The number of quaternary nitrogens is 1. The smallest absolute Gasteiger partial charge is 0.275 e. The average Bonchev–Trinajstić information content (AvgIpc) is 2.47. The van der Waals surface area contributed by atoms with Crippen LogP contribution in [0.3, 0.4) is 0 Å². The molecule has 1 heterocycles. The van der Waals surface area contributed by atoms with E-state index in [1.165, 1.54) is 12.1 Å². The van der Waals surface area contributed by atoms with Crippen molar-refractivity contribution in [1.82, 2.24) is 5.32 Å². The SMILES string of the molecule is NC(=O)[C@@H]1CCC[NH+](CC(=O)NCc2ccc(F)cc2)C1. The molecule has 1 aromatic carbocycles. The van der Waals surface area contributed by atoms with E-state index in [4.69, 9.17) is 5.73 Å². The van der Waals surface area contributed by atoms with E-state index in [9.17, 15) is 14.0 Å². The van der Waals surface area contributed by atoms with Crippen molar-refractivity contribution in [2.24, 2.45) is 11.7 Å². The highest BCUT2D eigenvalue weighted by Gasteiger charge is 2.28. The Bertz CT molecular complexity index is 504. The lowest BCUT2D eigenvalue weighted by molar-refractivity contribution is -0.899. The van der Waals surface area contributed by atoms with Crippen LogP contribution in [-0.2, 0) is 16.1 Å². The molecule has 21 heavy (non-hydrogen) atoms. The minimum atomic E-state index is -0.291. The number of nitrogens with two attached hydrogens (primary N) is 1. The van der Waals surface area contributed by atoms with Gasteiger partial charge in [0.2, 0.25) is 5.91 Å². The van der Waals surface area contributed by atoms with Crippen molar-refractivity contribution in [3.05, 3.63) is 35.6 Å². The van der Waals surface area contributed by atoms with Crippen LogP contribution in [0.2, 0.25) is 0 Å². The van der Waals surface area contributed by atoms with Crippen LogP contribution in [-0.4, -0.2) is 31.4 Å². The molecule has 1 fully saturated rings. The molecule has 1 aromatic rings. The van der Waals surface area contributed by atoms with Gasteiger partial charge in [0, 0.05) is 6.54 Å². The van der Waals surface area contributed by atoms with Crippen molar-refractivity contribution in [3.8, 4) is 0 Å². The van der Waals surface area contributed by atoms with E-state index in [0.29, 0.717) is 19.6 Å². The number of nitrogens with one attached hydrogen (secondary N) is 2. The van der Waals surface area contributed by atoms with Gasteiger partial charge in [-0.3, -0.25) is 9.59 Å². The number of hydrogen-bond acceptors (Lipinski definition) is 2. The van der Waals surface area contributed by atoms with E-state index < -0.39 is 0 Å². The quantitative estimate of drug-likeness (QED) is 0.666. The van der Waals surface area contributed by atoms with E-state index >= 15 is 0 Å². The van der Waals surface area contributed by atoms with Crippen LogP contribution in [0.15, 0.2) is 24.3 Å². The number of primary amides is 1. The van der Waals surface area contributed by atoms with Crippen molar-refractivity contribution >= 4 is 11.8 Å². The van der Waals surface area contributed by atoms with E-state index in [-0.39, 0.29) is 23.5 Å². The molecule has 2 rings (SSSR count). The number of benzene rings is 1. The van der Waals surface area contributed by atoms with Gasteiger partial charge < -0.3 is 16.0 Å². The zero-order valence-corrected chi connectivity index (χ0v) is 11.9. The van der Waals surface area contributed by atoms with E-state index in [1.54, 1.807) is 12.1 Å². The molecule has 1 aliphatic rings. The first-order valence-electron chi connectivity index (χ1n) is 7.18. The Kier molecular flexibility index (Phi) is 5.27. The van der Waals surface area contributed by atoms with Gasteiger partial charge in [-0.15, -0.1) is 0 Å². The third kappa shape index (κ3) is 4.82. The molecule has 0 saturated carbocycles. The van der Waals surface area contributed by atoms with Crippen LogP contribution < -0.4 is 16.0 Å². The van der Waals surface area contributed by atoms with Crippen LogP contribution in [0, 0.1) is 11.7 Å². The molecule has 0 aromatic heterocycles. The predicted octanol–water partition coefficient (Wildman–Crippen LogP) is -0.778. The summed E-state index contributed by atoms with van der Waals surface area (Å²) >= 11 is 0. The zero-order chi connectivity index (χ0) is 15.2. The lowest BCUT2D eigenvalue weighted by Gasteiger charge is -2.27. The van der Waals surface area contributed by atoms with Gasteiger partial charge in [0.15, 0.2) is 6.54 Å². The standard InChI is InChI=1S/C15H20FN3O2/c16-13-5-3-11(4-6-13)8-18-14(20)10-19-7-1-2-12(9-19)15(17)21/h3-6,12H,1-2,7-10H2,(H2,17,21)(H,18,20)/p+1/t12-/m1/s1. The summed E-state index contributed by atoms with van der Waals surface area (Å²) in [6, 6.07) is 6.03. The first-order valence-corrected chi connectivity index (χ1v) is 7.18. The highest BCUT2D eigenvalue weighted by molar-refractivity contribution is 5.77. The fourth-order valence-electron chi connectivity index (χ4n) is 2.65. The van der Waals surface area contributed by atoms with Gasteiger partial charge in [0.1, 0.15) is 5.82 Å². The van der Waals surface area contributed by atoms with Gasteiger partial charge in [0.25, 0.3) is 5.91 Å². The monoisotopic (exact) mass is 294 g/mol. The minimum absolute atomic E-state index is 0.0700. The Morgan fingerprint density at radius 3 is 2.71 bits per heavy atom. The summed E-state index contributed by atoms with van der Waals surface area (Å²) < 4.78 is 12.8. The summed E-state index contributed by atoms with van der Waals surface area (Å²) in [6.45, 7) is 2.23. The van der Waals surface area contributed by atoms with Crippen molar-refractivity contribution < 1.29 is 18.9 Å². The third-order valence-corrected chi connectivity index (χ3v) is 3.83. The molecule has 1 aliphatic heterocycles. The number of carbonyl (C=O) groups is 2. The van der Waals surface area contributed by atoms with E-state index in [2.05, 4.69) is 5.32 Å². The molecule has 0 spiro atoms. The fraction of sp³-hybridized carbons (Fsp3) is 0.467. The van der Waals surface area contributed by atoms with Crippen LogP contribution in [0.1, 0.15) is 18.4 Å². The number of halogens is 1. The van der Waals surface area contributed by atoms with Crippen molar-refractivity contribution in [2.45, 2.75) is 19.4 Å². The fourth-order valence-corrected chi connectivity index (χ4v) is 2.65. The summed E-state index contributed by atoms with van der Waals surface area (Å²) in [5, 5.41) is 2.81. The summed E-state index contributed by atoms with van der Waals surface area (Å²) in [4.78, 5) is 24.2. The Hall–Kier alpha value is -1.95. The summed E-state index contributed by atoms with van der Waals surface area (Å²) in [7, 11) is 0. The molecule has 5 nitrogen and oxygen atoms in total. The second kappa shape index (κ2) is 7.17. The van der Waals surface area contributed by atoms with Gasteiger partial charge in [0.05, 0.1) is 19.0 Å². The largest absolute Gasteiger partial charge is 0.369 e. The number of hydrogen-bond donors (Lipinski definition) is 3. The maximum Gasteiger partial charge on any atom is 0.275 e. The van der Waals surface area contributed by atoms with E-state index in [1.807, 2.05) is 0 Å². The Balaban J connectivity index is 1.76. The van der Waals surface area contributed by atoms with Gasteiger partial charge >= 0.3 is 0 Å². The van der Waals surface area contributed by atoms with Gasteiger partial charge in [-0.25, -0.2) is 4.39 Å². The van der Waals surface area contributed by atoms with Crippen molar-refractivity contribution in [2.75, 3.05) is 19.6 Å². The molecular weight excluding hydrogens is 273 g/mol. The summed E-state index contributed by atoms with van der Waals surface area (Å²) in [6.07, 6.45) is 1.73. The Labute approximate surface area is 123 Å². The number of rotatable bonds is 5. The molecule has 2 amide bonds. The molecule has 1 saturated heterocycles.